The van der Waals surface area contributed by atoms with Crippen molar-refractivity contribution < 1.29 is 14.3 Å². The molecular weight excluding hydrogens is 436 g/mol. The molecule has 6 heteroatoms. The summed E-state index contributed by atoms with van der Waals surface area (Å²) in [5.41, 5.74) is 1.81. The Balaban J connectivity index is 2.27. The van der Waals surface area contributed by atoms with E-state index in [1.165, 1.54) is 0 Å². The van der Waals surface area contributed by atoms with Crippen LogP contribution in [0.1, 0.15) is 65.5 Å². The Hall–Kier alpha value is -2.53. The maximum Gasteiger partial charge on any atom is 0.261 e. The number of rotatable bonds is 10. The summed E-state index contributed by atoms with van der Waals surface area (Å²) < 4.78 is 6.00. The highest BCUT2D eigenvalue weighted by atomic mass is 35.5. The lowest BCUT2D eigenvalue weighted by molar-refractivity contribution is -0.143. The van der Waals surface area contributed by atoms with Gasteiger partial charge in [0.25, 0.3) is 5.91 Å². The first-order valence-corrected chi connectivity index (χ1v) is 12.0. The first-order valence-electron chi connectivity index (χ1n) is 11.6. The van der Waals surface area contributed by atoms with E-state index in [0.717, 1.165) is 17.5 Å². The minimum absolute atomic E-state index is 0.0361. The predicted molar refractivity (Wildman–Crippen MR) is 135 cm³/mol. The molecule has 0 radical (unpaired) electrons. The maximum absolute atomic E-state index is 13.4. The molecule has 2 atom stereocenters. The van der Waals surface area contributed by atoms with Crippen molar-refractivity contribution in [2.75, 3.05) is 6.61 Å². The molecule has 0 heterocycles. The van der Waals surface area contributed by atoms with Crippen molar-refractivity contribution >= 4 is 23.4 Å². The summed E-state index contributed by atoms with van der Waals surface area (Å²) in [5.74, 6) is 0.297. The van der Waals surface area contributed by atoms with Crippen molar-refractivity contribution in [2.45, 2.75) is 78.4 Å². The van der Waals surface area contributed by atoms with Crippen LogP contribution in [0, 0.1) is 0 Å². The number of carbonyl (C=O) groups is 2. The molecule has 2 aromatic carbocycles. The Morgan fingerprint density at radius 2 is 1.67 bits per heavy atom. The van der Waals surface area contributed by atoms with E-state index in [2.05, 4.69) is 26.1 Å². The summed E-state index contributed by atoms with van der Waals surface area (Å²) in [6.45, 7) is 12.4. The van der Waals surface area contributed by atoms with Gasteiger partial charge in [-0.2, -0.15) is 0 Å². The Kier molecular flexibility index (Phi) is 9.78. The van der Waals surface area contributed by atoms with Gasteiger partial charge >= 0.3 is 0 Å². The summed E-state index contributed by atoms with van der Waals surface area (Å²) in [6.07, 6.45) is 1.32. The SMILES string of the molecule is CC[C@H](C(=O)N[C@@H](C)CC)N(Cc1ccc(Cl)cc1)C(=O)COc1ccccc1C(C)(C)C. The molecule has 0 aromatic heterocycles. The number of carbonyl (C=O) groups excluding carboxylic acids is 2. The number of benzene rings is 2. The largest absolute Gasteiger partial charge is 0.483 e. The van der Waals surface area contributed by atoms with E-state index in [9.17, 15) is 9.59 Å². The lowest BCUT2D eigenvalue weighted by Gasteiger charge is -2.31. The van der Waals surface area contributed by atoms with Gasteiger partial charge in [0.05, 0.1) is 0 Å². The monoisotopic (exact) mass is 472 g/mol. The van der Waals surface area contributed by atoms with Gasteiger partial charge in [-0.15, -0.1) is 0 Å². The smallest absolute Gasteiger partial charge is 0.261 e. The van der Waals surface area contributed by atoms with Crippen LogP contribution in [-0.2, 0) is 21.5 Å². The molecule has 0 saturated carbocycles. The number of halogens is 1. The van der Waals surface area contributed by atoms with Crippen LogP contribution in [0.3, 0.4) is 0 Å². The number of amides is 2. The summed E-state index contributed by atoms with van der Waals surface area (Å²) in [6, 6.07) is 14.5. The molecule has 0 aliphatic rings. The molecule has 180 valence electrons. The third-order valence-electron chi connectivity index (χ3n) is 5.70. The summed E-state index contributed by atoms with van der Waals surface area (Å²) in [5, 5.41) is 3.64. The molecule has 33 heavy (non-hydrogen) atoms. The first-order chi connectivity index (χ1) is 15.6. The second kappa shape index (κ2) is 12.1. The highest BCUT2D eigenvalue weighted by Gasteiger charge is 2.30. The van der Waals surface area contributed by atoms with Crippen molar-refractivity contribution in [3.63, 3.8) is 0 Å². The Labute approximate surface area is 203 Å². The van der Waals surface area contributed by atoms with Crippen LogP contribution in [-0.4, -0.2) is 35.4 Å². The highest BCUT2D eigenvalue weighted by molar-refractivity contribution is 6.30. The molecule has 0 saturated heterocycles. The number of para-hydroxylation sites is 1. The molecule has 0 spiro atoms. The number of hydrogen-bond acceptors (Lipinski definition) is 3. The molecule has 0 aliphatic carbocycles. The second-order valence-corrected chi connectivity index (χ2v) is 9.86. The van der Waals surface area contributed by atoms with Crippen molar-refractivity contribution in [1.82, 2.24) is 10.2 Å². The number of nitrogens with zero attached hydrogens (tertiary/aromatic N) is 1. The van der Waals surface area contributed by atoms with E-state index in [1.807, 2.05) is 57.2 Å². The third kappa shape index (κ3) is 7.78. The van der Waals surface area contributed by atoms with Crippen molar-refractivity contribution in [3.8, 4) is 5.75 Å². The van der Waals surface area contributed by atoms with Crippen LogP contribution in [0.5, 0.6) is 5.75 Å². The normalized spacial score (nSPS) is 13.2. The lowest BCUT2D eigenvalue weighted by Crippen LogP contribution is -2.51. The van der Waals surface area contributed by atoms with Crippen LogP contribution < -0.4 is 10.1 Å². The van der Waals surface area contributed by atoms with E-state index in [1.54, 1.807) is 17.0 Å². The first kappa shape index (κ1) is 26.7. The maximum atomic E-state index is 13.4. The fraction of sp³-hybridized carbons (Fsp3) is 0.481. The van der Waals surface area contributed by atoms with Crippen LogP contribution in [0.25, 0.3) is 0 Å². The molecule has 2 aromatic rings. The van der Waals surface area contributed by atoms with Crippen molar-refractivity contribution in [3.05, 3.63) is 64.7 Å². The molecule has 0 bridgehead atoms. The zero-order valence-corrected chi connectivity index (χ0v) is 21.4. The Morgan fingerprint density at radius 1 is 1.03 bits per heavy atom. The van der Waals surface area contributed by atoms with Gasteiger partial charge in [0.1, 0.15) is 11.8 Å². The van der Waals surface area contributed by atoms with Crippen LogP contribution in [0.2, 0.25) is 5.02 Å². The van der Waals surface area contributed by atoms with E-state index in [4.69, 9.17) is 16.3 Å². The molecule has 2 amide bonds. The molecule has 0 unspecified atom stereocenters. The average molecular weight is 473 g/mol. The topological polar surface area (TPSA) is 58.6 Å². The standard InChI is InChI=1S/C27H37ClN2O3/c1-7-19(3)29-26(32)23(8-2)30(17-20-13-15-21(28)16-14-20)25(31)18-33-24-12-10-9-11-22(24)27(4,5)6/h9-16,19,23H,7-8,17-18H2,1-6H3,(H,29,32)/t19-,23+/m0/s1. The highest BCUT2D eigenvalue weighted by Crippen LogP contribution is 2.31. The van der Waals surface area contributed by atoms with Gasteiger partial charge in [0, 0.05) is 17.6 Å². The number of ether oxygens (including phenoxy) is 1. The third-order valence-corrected chi connectivity index (χ3v) is 5.95. The lowest BCUT2D eigenvalue weighted by atomic mass is 9.86. The van der Waals surface area contributed by atoms with Crippen molar-refractivity contribution in [2.24, 2.45) is 0 Å². The summed E-state index contributed by atoms with van der Waals surface area (Å²) in [7, 11) is 0. The van der Waals surface area contributed by atoms with Crippen molar-refractivity contribution in [1.29, 1.82) is 0 Å². The van der Waals surface area contributed by atoms with Gasteiger partial charge in [0.2, 0.25) is 5.91 Å². The summed E-state index contributed by atoms with van der Waals surface area (Å²) in [4.78, 5) is 28.0. The molecular formula is C27H37ClN2O3. The van der Waals surface area contributed by atoms with Crippen LogP contribution in [0.4, 0.5) is 0 Å². The molecule has 5 nitrogen and oxygen atoms in total. The van der Waals surface area contributed by atoms with E-state index in [0.29, 0.717) is 23.7 Å². The number of nitrogens with one attached hydrogen (secondary N) is 1. The van der Waals surface area contributed by atoms with E-state index < -0.39 is 6.04 Å². The van der Waals surface area contributed by atoms with E-state index in [-0.39, 0.29) is 29.9 Å². The van der Waals surface area contributed by atoms with Crippen LogP contribution >= 0.6 is 11.6 Å². The molecule has 1 N–H and O–H groups in total. The minimum Gasteiger partial charge on any atom is -0.483 e. The van der Waals surface area contributed by atoms with Gasteiger partial charge < -0.3 is 15.0 Å². The van der Waals surface area contributed by atoms with Gasteiger partial charge in [-0.05, 0) is 54.5 Å². The molecule has 0 aliphatic heterocycles. The Bertz CT molecular complexity index is 922. The van der Waals surface area contributed by atoms with Gasteiger partial charge in [-0.1, -0.05) is 76.6 Å². The van der Waals surface area contributed by atoms with Gasteiger partial charge in [-0.25, -0.2) is 0 Å². The zero-order chi connectivity index (χ0) is 24.6. The quantitative estimate of drug-likeness (QED) is 0.479. The van der Waals surface area contributed by atoms with Crippen LogP contribution in [0.15, 0.2) is 48.5 Å². The minimum atomic E-state index is -0.594. The van der Waals surface area contributed by atoms with E-state index >= 15 is 0 Å². The molecule has 0 fully saturated rings. The van der Waals surface area contributed by atoms with Gasteiger partial charge in [0.15, 0.2) is 6.61 Å². The average Bonchev–Trinajstić information content (AvgIpc) is 2.78. The predicted octanol–water partition coefficient (Wildman–Crippen LogP) is 5.74. The fourth-order valence-corrected chi connectivity index (χ4v) is 3.71. The summed E-state index contributed by atoms with van der Waals surface area (Å²) >= 11 is 6.03. The second-order valence-electron chi connectivity index (χ2n) is 9.42. The van der Waals surface area contributed by atoms with Gasteiger partial charge in [-0.3, -0.25) is 9.59 Å². The number of hydrogen-bond donors (Lipinski definition) is 1. The fourth-order valence-electron chi connectivity index (χ4n) is 3.58. The molecule has 2 rings (SSSR count). The zero-order valence-electron chi connectivity index (χ0n) is 20.7. The Morgan fingerprint density at radius 3 is 2.24 bits per heavy atom.